The molecule has 1 spiro atoms. The Labute approximate surface area is 235 Å². The number of carbonyl (C=O) groups is 3. The maximum absolute atomic E-state index is 14.6. The quantitative estimate of drug-likeness (QED) is 0.344. The average Bonchev–Trinajstić information content (AvgIpc) is 3.53. The number of benzene rings is 2. The molecule has 2 amide bonds. The van der Waals surface area contributed by atoms with E-state index in [9.17, 15) is 19.5 Å². The molecule has 8 heteroatoms. The van der Waals surface area contributed by atoms with Gasteiger partial charge in [0.05, 0.1) is 30.8 Å². The first-order chi connectivity index (χ1) is 19.3. The van der Waals surface area contributed by atoms with E-state index in [1.807, 2.05) is 67.6 Å². The summed E-state index contributed by atoms with van der Waals surface area (Å²) in [6, 6.07) is 17.5. The molecule has 0 aliphatic carbocycles. The molecule has 1 N–H and O–H groups in total. The molecule has 5 rings (SSSR count). The van der Waals surface area contributed by atoms with Gasteiger partial charge >= 0.3 is 5.97 Å². The highest BCUT2D eigenvalue weighted by Crippen LogP contribution is 2.63. The van der Waals surface area contributed by atoms with Gasteiger partial charge in [0.15, 0.2) is 0 Å². The standard InChI is InChI=1S/C32H38N2O6/c1-4-18-33(20-23-14-10-7-11-15-23)29(37)27-32-17-16-31(3,40-32)26(30(38)39-5-2)25(32)28(36)34(27)24(21-35)19-22-12-8-6-9-13-22/h4,6-15,24-27,35H,1,5,16-21H2,2-3H3/t24-,25+,26+,27?,31-,32?/m1/s1. The smallest absolute Gasteiger partial charge is 0.312 e. The van der Waals surface area contributed by atoms with Gasteiger partial charge in [0.25, 0.3) is 0 Å². The first kappa shape index (κ1) is 28.1. The van der Waals surface area contributed by atoms with Crippen LogP contribution < -0.4 is 0 Å². The summed E-state index contributed by atoms with van der Waals surface area (Å²) in [5, 5.41) is 10.6. The Balaban J connectivity index is 1.59. The second-order valence-electron chi connectivity index (χ2n) is 11.2. The zero-order valence-electron chi connectivity index (χ0n) is 23.2. The summed E-state index contributed by atoms with van der Waals surface area (Å²) in [6.07, 6.45) is 3.01. The van der Waals surface area contributed by atoms with Crippen LogP contribution in [0, 0.1) is 11.8 Å². The van der Waals surface area contributed by atoms with Gasteiger partial charge in [-0.3, -0.25) is 14.4 Å². The van der Waals surface area contributed by atoms with Crippen LogP contribution in [0.5, 0.6) is 0 Å². The number of nitrogens with zero attached hydrogens (tertiary/aromatic N) is 2. The Morgan fingerprint density at radius 1 is 1.15 bits per heavy atom. The maximum atomic E-state index is 14.6. The van der Waals surface area contributed by atoms with E-state index in [0.29, 0.717) is 25.8 Å². The molecule has 2 unspecified atom stereocenters. The molecule has 3 saturated heterocycles. The lowest BCUT2D eigenvalue weighted by atomic mass is 9.66. The van der Waals surface area contributed by atoms with Crippen LogP contribution in [-0.4, -0.2) is 75.7 Å². The molecule has 2 aromatic carbocycles. The molecular weight excluding hydrogens is 508 g/mol. The number of aliphatic hydroxyl groups is 1. The zero-order valence-corrected chi connectivity index (χ0v) is 23.2. The number of aliphatic hydroxyl groups excluding tert-OH is 1. The molecule has 3 aliphatic heterocycles. The monoisotopic (exact) mass is 546 g/mol. The molecular formula is C32H38N2O6. The molecule has 0 saturated carbocycles. The summed E-state index contributed by atoms with van der Waals surface area (Å²) in [5.41, 5.74) is -0.228. The number of rotatable bonds is 11. The van der Waals surface area contributed by atoms with Crippen LogP contribution in [0.15, 0.2) is 73.3 Å². The summed E-state index contributed by atoms with van der Waals surface area (Å²) < 4.78 is 12.1. The van der Waals surface area contributed by atoms with E-state index in [-0.39, 0.29) is 31.6 Å². The van der Waals surface area contributed by atoms with E-state index in [4.69, 9.17) is 9.47 Å². The van der Waals surface area contributed by atoms with Gasteiger partial charge in [0, 0.05) is 13.1 Å². The molecule has 0 radical (unpaired) electrons. The molecule has 6 atom stereocenters. The third-order valence-electron chi connectivity index (χ3n) is 8.78. The van der Waals surface area contributed by atoms with Crippen LogP contribution in [-0.2, 0) is 36.8 Å². The van der Waals surface area contributed by atoms with E-state index >= 15 is 0 Å². The van der Waals surface area contributed by atoms with Crippen LogP contribution in [0.25, 0.3) is 0 Å². The van der Waals surface area contributed by atoms with Crippen molar-refractivity contribution in [3.05, 3.63) is 84.4 Å². The minimum Gasteiger partial charge on any atom is -0.466 e. The van der Waals surface area contributed by atoms with E-state index < -0.39 is 41.1 Å². The fourth-order valence-electron chi connectivity index (χ4n) is 7.13. The Morgan fingerprint density at radius 3 is 2.40 bits per heavy atom. The van der Waals surface area contributed by atoms with Crippen molar-refractivity contribution in [2.24, 2.45) is 11.8 Å². The molecule has 3 heterocycles. The lowest BCUT2D eigenvalue weighted by molar-refractivity contribution is -0.161. The van der Waals surface area contributed by atoms with Crippen LogP contribution in [0.2, 0.25) is 0 Å². The first-order valence-corrected chi connectivity index (χ1v) is 14.1. The van der Waals surface area contributed by atoms with Crippen molar-refractivity contribution in [3.63, 3.8) is 0 Å². The molecule has 40 heavy (non-hydrogen) atoms. The van der Waals surface area contributed by atoms with Gasteiger partial charge in [0.2, 0.25) is 11.8 Å². The lowest BCUT2D eigenvalue weighted by Gasteiger charge is -2.39. The zero-order chi connectivity index (χ0) is 28.5. The Morgan fingerprint density at radius 2 is 1.80 bits per heavy atom. The second-order valence-corrected chi connectivity index (χ2v) is 11.2. The summed E-state index contributed by atoms with van der Waals surface area (Å²) in [7, 11) is 0. The van der Waals surface area contributed by atoms with Gasteiger partial charge in [-0.1, -0.05) is 66.7 Å². The van der Waals surface area contributed by atoms with Crippen molar-refractivity contribution < 1.29 is 29.0 Å². The van der Waals surface area contributed by atoms with Crippen molar-refractivity contribution in [2.75, 3.05) is 19.8 Å². The van der Waals surface area contributed by atoms with Crippen LogP contribution >= 0.6 is 0 Å². The number of ether oxygens (including phenoxy) is 2. The second kappa shape index (κ2) is 11.2. The SMILES string of the molecule is C=CCN(Cc1ccccc1)C(=O)C1N([C@@H](CO)Cc2ccccc2)C(=O)[C@@H]2[C@@H](C(=O)OCC)[C@@]3(C)CCC12O3. The van der Waals surface area contributed by atoms with Crippen LogP contribution in [0.3, 0.4) is 0 Å². The Hall–Kier alpha value is -3.49. The normalized spacial score (nSPS) is 29.2. The molecule has 3 fully saturated rings. The number of esters is 1. The largest absolute Gasteiger partial charge is 0.466 e. The highest BCUT2D eigenvalue weighted by Gasteiger charge is 2.79. The van der Waals surface area contributed by atoms with Crippen molar-refractivity contribution >= 4 is 17.8 Å². The minimum absolute atomic E-state index is 0.183. The third kappa shape index (κ3) is 4.63. The van der Waals surface area contributed by atoms with Crippen molar-refractivity contribution in [1.82, 2.24) is 9.80 Å². The van der Waals surface area contributed by atoms with Crippen molar-refractivity contribution in [2.45, 2.75) is 62.9 Å². The van der Waals surface area contributed by atoms with E-state index in [1.54, 1.807) is 17.9 Å². The van der Waals surface area contributed by atoms with Gasteiger partial charge in [0.1, 0.15) is 17.6 Å². The fraction of sp³-hybridized carbons (Fsp3) is 0.469. The molecule has 2 aromatic rings. The number of hydrogen-bond acceptors (Lipinski definition) is 6. The van der Waals surface area contributed by atoms with E-state index in [2.05, 4.69) is 6.58 Å². The number of carbonyl (C=O) groups excluding carboxylic acids is 3. The number of likely N-dealkylation sites (tertiary alicyclic amines) is 1. The highest BCUT2D eigenvalue weighted by molar-refractivity contribution is 5.98. The fourth-order valence-corrected chi connectivity index (χ4v) is 7.13. The van der Waals surface area contributed by atoms with Crippen LogP contribution in [0.1, 0.15) is 37.8 Å². The molecule has 8 nitrogen and oxygen atoms in total. The molecule has 3 aliphatic rings. The van der Waals surface area contributed by atoms with Crippen molar-refractivity contribution in [3.8, 4) is 0 Å². The topological polar surface area (TPSA) is 96.4 Å². The first-order valence-electron chi connectivity index (χ1n) is 14.1. The molecule has 212 valence electrons. The van der Waals surface area contributed by atoms with E-state index in [1.165, 1.54) is 4.90 Å². The third-order valence-corrected chi connectivity index (χ3v) is 8.78. The lowest BCUT2D eigenvalue weighted by Crippen LogP contribution is -2.59. The highest BCUT2D eigenvalue weighted by atomic mass is 16.6. The predicted molar refractivity (Wildman–Crippen MR) is 149 cm³/mol. The van der Waals surface area contributed by atoms with Gasteiger partial charge in [-0.05, 0) is 44.2 Å². The summed E-state index contributed by atoms with van der Waals surface area (Å²) in [4.78, 5) is 45.5. The number of fused-ring (bicyclic) bond motifs is 1. The van der Waals surface area contributed by atoms with Gasteiger partial charge in [-0.25, -0.2) is 0 Å². The van der Waals surface area contributed by atoms with Crippen molar-refractivity contribution in [1.29, 1.82) is 0 Å². The summed E-state index contributed by atoms with van der Waals surface area (Å²) >= 11 is 0. The number of hydrogen-bond donors (Lipinski definition) is 1. The summed E-state index contributed by atoms with van der Waals surface area (Å²) in [5.74, 6) is -2.79. The van der Waals surface area contributed by atoms with E-state index in [0.717, 1.165) is 11.1 Å². The predicted octanol–water partition coefficient (Wildman–Crippen LogP) is 3.13. The average molecular weight is 547 g/mol. The minimum atomic E-state index is -1.19. The summed E-state index contributed by atoms with van der Waals surface area (Å²) in [6.45, 7) is 7.89. The maximum Gasteiger partial charge on any atom is 0.312 e. The molecule has 0 aromatic heterocycles. The van der Waals surface area contributed by atoms with Gasteiger partial charge in [-0.15, -0.1) is 6.58 Å². The van der Waals surface area contributed by atoms with Crippen LogP contribution in [0.4, 0.5) is 0 Å². The number of amides is 2. The molecule has 2 bridgehead atoms. The van der Waals surface area contributed by atoms with Gasteiger partial charge in [-0.2, -0.15) is 0 Å². The Bertz CT molecular complexity index is 1250. The Kier molecular flexibility index (Phi) is 7.84. The van der Waals surface area contributed by atoms with Gasteiger partial charge < -0.3 is 24.4 Å².